The lowest BCUT2D eigenvalue weighted by molar-refractivity contribution is 0.358. The fourth-order valence-corrected chi connectivity index (χ4v) is 1.53. The molecule has 70 valence electrons. The molecule has 0 aromatic heterocycles. The van der Waals surface area contributed by atoms with Crippen LogP contribution in [0, 0.1) is 11.3 Å². The third kappa shape index (κ3) is 1.16. The number of hydrogen-bond donors (Lipinski definition) is 1. The Morgan fingerprint density at radius 2 is 2.21 bits per heavy atom. The minimum absolute atomic E-state index is 0.383. The summed E-state index contributed by atoms with van der Waals surface area (Å²) in [4.78, 5) is 0. The van der Waals surface area contributed by atoms with Crippen molar-refractivity contribution in [3.63, 3.8) is 0 Å². The van der Waals surface area contributed by atoms with Crippen LogP contribution in [0.1, 0.15) is 6.92 Å². The highest BCUT2D eigenvalue weighted by molar-refractivity contribution is 5.55. The van der Waals surface area contributed by atoms with Gasteiger partial charge in [-0.3, -0.25) is 0 Å². The van der Waals surface area contributed by atoms with Crippen LogP contribution in [0.15, 0.2) is 47.3 Å². The third-order valence-corrected chi connectivity index (χ3v) is 2.27. The van der Waals surface area contributed by atoms with Gasteiger partial charge in [0.05, 0.1) is 0 Å². The van der Waals surface area contributed by atoms with Crippen LogP contribution in [0.25, 0.3) is 0 Å². The van der Waals surface area contributed by atoms with Crippen molar-refractivity contribution in [2.75, 3.05) is 0 Å². The summed E-state index contributed by atoms with van der Waals surface area (Å²) in [7, 11) is 0. The van der Waals surface area contributed by atoms with Crippen molar-refractivity contribution >= 4 is 0 Å². The zero-order valence-electron chi connectivity index (χ0n) is 7.71. The fourth-order valence-electron chi connectivity index (χ4n) is 1.53. The Morgan fingerprint density at radius 1 is 1.43 bits per heavy atom. The average Bonchev–Trinajstić information content (AvgIpc) is 2.18. The molecular weight excluding hydrogens is 179 g/mol. The molecule has 1 aliphatic heterocycles. The lowest BCUT2D eigenvalue weighted by atomic mass is 9.88. The number of allylic oxidation sites excluding steroid dienone is 7. The van der Waals surface area contributed by atoms with Gasteiger partial charge in [0.25, 0.3) is 0 Å². The number of rotatable bonds is 0. The molecule has 1 unspecified atom stereocenters. The van der Waals surface area contributed by atoms with E-state index in [2.05, 4.69) is 5.32 Å². The maximum atomic E-state index is 13.9. The monoisotopic (exact) mass is 188 g/mol. The van der Waals surface area contributed by atoms with E-state index in [-0.39, 0.29) is 0 Å². The van der Waals surface area contributed by atoms with Gasteiger partial charge in [-0.25, -0.2) is 4.39 Å². The Labute approximate surface area is 81.7 Å². The van der Waals surface area contributed by atoms with Gasteiger partial charge >= 0.3 is 0 Å². The number of alkyl halides is 1. The molecule has 1 N–H and O–H groups in total. The summed E-state index contributed by atoms with van der Waals surface area (Å²) in [6.07, 6.45) is 7.99. The maximum absolute atomic E-state index is 13.9. The van der Waals surface area contributed by atoms with Crippen LogP contribution in [0.4, 0.5) is 4.39 Å². The summed E-state index contributed by atoms with van der Waals surface area (Å²) in [5.41, 5.74) is -0.00545. The van der Waals surface area contributed by atoms with E-state index in [0.29, 0.717) is 11.3 Å². The number of nitrogens with one attached hydrogen (secondary N) is 1. The van der Waals surface area contributed by atoms with E-state index in [9.17, 15) is 4.39 Å². The number of halogens is 1. The summed E-state index contributed by atoms with van der Waals surface area (Å²) in [6, 6.07) is 1.66. The van der Waals surface area contributed by atoms with Gasteiger partial charge in [-0.2, -0.15) is 5.26 Å². The Morgan fingerprint density at radius 3 is 2.93 bits per heavy atom. The molecule has 1 atom stereocenters. The molecule has 0 fully saturated rings. The topological polar surface area (TPSA) is 35.8 Å². The van der Waals surface area contributed by atoms with Gasteiger partial charge in [-0.15, -0.1) is 0 Å². The van der Waals surface area contributed by atoms with E-state index in [1.165, 1.54) is 6.08 Å². The summed E-state index contributed by atoms with van der Waals surface area (Å²) in [6.45, 7) is 1.89. The molecule has 0 aromatic rings. The first-order chi connectivity index (χ1) is 6.65. The molecule has 0 saturated heterocycles. The molecule has 3 heteroatoms. The highest BCUT2D eigenvalue weighted by Crippen LogP contribution is 2.33. The van der Waals surface area contributed by atoms with Crippen molar-refractivity contribution in [3.05, 3.63) is 47.3 Å². The van der Waals surface area contributed by atoms with Gasteiger partial charge in [0.2, 0.25) is 5.67 Å². The quantitative estimate of drug-likeness (QED) is 0.632. The Hall–Kier alpha value is -1.82. The Bertz CT molecular complexity index is 435. The predicted octanol–water partition coefficient (Wildman–Crippen LogP) is 2.11. The van der Waals surface area contributed by atoms with E-state index >= 15 is 0 Å². The number of dihydropyridines is 1. The lowest BCUT2D eigenvalue weighted by Crippen LogP contribution is -2.30. The van der Waals surface area contributed by atoms with E-state index < -0.39 is 5.67 Å². The number of hydrogen-bond acceptors (Lipinski definition) is 2. The van der Waals surface area contributed by atoms with Crippen molar-refractivity contribution in [1.29, 1.82) is 5.26 Å². The number of nitrogens with zero attached hydrogens (tertiary/aromatic N) is 1. The molecule has 0 spiro atoms. The predicted molar refractivity (Wildman–Crippen MR) is 51.7 cm³/mol. The van der Waals surface area contributed by atoms with Crippen molar-refractivity contribution in [1.82, 2.24) is 5.32 Å². The minimum atomic E-state index is -1.99. The van der Waals surface area contributed by atoms with Gasteiger partial charge in [-0.05, 0) is 25.2 Å². The van der Waals surface area contributed by atoms with E-state index in [1.54, 1.807) is 30.4 Å². The van der Waals surface area contributed by atoms with Crippen LogP contribution in [0.5, 0.6) is 0 Å². The van der Waals surface area contributed by atoms with E-state index in [1.807, 2.05) is 6.92 Å². The molecule has 0 radical (unpaired) electrons. The van der Waals surface area contributed by atoms with E-state index in [4.69, 9.17) is 5.26 Å². The molecule has 0 saturated carbocycles. The smallest absolute Gasteiger partial charge is 0.241 e. The molecule has 2 aliphatic rings. The van der Waals surface area contributed by atoms with Crippen LogP contribution in [-0.4, -0.2) is 5.67 Å². The van der Waals surface area contributed by atoms with Gasteiger partial charge in [0.1, 0.15) is 6.07 Å². The number of nitriles is 1. The first-order valence-corrected chi connectivity index (χ1v) is 4.32. The van der Waals surface area contributed by atoms with Crippen molar-refractivity contribution in [3.8, 4) is 6.07 Å². The average molecular weight is 188 g/mol. The molecule has 14 heavy (non-hydrogen) atoms. The second-order valence-electron chi connectivity index (χ2n) is 3.32. The van der Waals surface area contributed by atoms with Crippen molar-refractivity contribution in [2.24, 2.45) is 0 Å². The highest BCUT2D eigenvalue weighted by Gasteiger charge is 2.36. The molecule has 2 rings (SSSR count). The molecule has 0 aromatic carbocycles. The van der Waals surface area contributed by atoms with Crippen LogP contribution in [-0.2, 0) is 0 Å². The normalized spacial score (nSPS) is 29.1. The van der Waals surface area contributed by atoms with Crippen LogP contribution >= 0.6 is 0 Å². The first-order valence-electron chi connectivity index (χ1n) is 4.32. The molecule has 0 bridgehead atoms. The van der Waals surface area contributed by atoms with Gasteiger partial charge in [-0.1, -0.05) is 12.2 Å². The molecule has 2 nitrogen and oxygen atoms in total. The highest BCUT2D eigenvalue weighted by atomic mass is 19.1. The SMILES string of the molecule is CC1=CC=C2C(=CC=CC2(F)C#N)N1. The zero-order chi connectivity index (χ0) is 10.2. The van der Waals surface area contributed by atoms with Crippen LogP contribution in [0.2, 0.25) is 0 Å². The van der Waals surface area contributed by atoms with Crippen molar-refractivity contribution < 1.29 is 4.39 Å². The first kappa shape index (κ1) is 8.76. The largest absolute Gasteiger partial charge is 0.359 e. The summed E-state index contributed by atoms with van der Waals surface area (Å²) >= 11 is 0. The van der Waals surface area contributed by atoms with Gasteiger partial charge < -0.3 is 5.32 Å². The summed E-state index contributed by atoms with van der Waals surface area (Å²) in [5, 5.41) is 11.8. The van der Waals surface area contributed by atoms with Crippen LogP contribution in [0.3, 0.4) is 0 Å². The second-order valence-corrected chi connectivity index (χ2v) is 3.32. The van der Waals surface area contributed by atoms with E-state index in [0.717, 1.165) is 5.70 Å². The fraction of sp³-hybridized carbons (Fsp3) is 0.182. The Kier molecular flexibility index (Phi) is 1.78. The van der Waals surface area contributed by atoms with Crippen LogP contribution < -0.4 is 5.32 Å². The zero-order valence-corrected chi connectivity index (χ0v) is 7.71. The maximum Gasteiger partial charge on any atom is 0.241 e. The molecule has 1 aliphatic carbocycles. The minimum Gasteiger partial charge on any atom is -0.359 e. The van der Waals surface area contributed by atoms with Crippen molar-refractivity contribution in [2.45, 2.75) is 12.6 Å². The van der Waals surface area contributed by atoms with Gasteiger partial charge in [0, 0.05) is 17.0 Å². The number of fused-ring (bicyclic) bond motifs is 1. The lowest BCUT2D eigenvalue weighted by Gasteiger charge is -2.26. The summed E-state index contributed by atoms with van der Waals surface area (Å²) in [5.74, 6) is 0. The third-order valence-electron chi connectivity index (χ3n) is 2.27. The second kappa shape index (κ2) is 2.85. The Balaban J connectivity index is 2.52. The molecular formula is C11H9FN2. The molecule has 1 heterocycles. The summed E-state index contributed by atoms with van der Waals surface area (Å²) < 4.78 is 13.9. The molecule has 0 amide bonds. The van der Waals surface area contributed by atoms with Gasteiger partial charge in [0.15, 0.2) is 0 Å². The standard InChI is InChI=1S/C11H9FN2/c1-8-4-5-9-10(14-8)3-2-6-11(9,12)7-13/h2-6,14H,1H3.